The monoisotopic (exact) mass is 753 g/mol. The molecule has 1 aromatic heterocycles. The van der Waals surface area contributed by atoms with Gasteiger partial charge in [-0.3, -0.25) is 28.9 Å². The van der Waals surface area contributed by atoms with Gasteiger partial charge in [0.25, 0.3) is 11.8 Å². The SMILES string of the molecule is CCOC(=O)Oc1cc2occ(C(=O)NC(C(=O)N[C@@H]3C(=O)N4C(C(=O)O)=C(COC(C)=O)CS[C@@H]34)c3ccccc3)c(=O)c2cc1OC(=O)OCC. The molecule has 3 N–H and O–H groups in total. The Labute approximate surface area is 303 Å². The van der Waals surface area contributed by atoms with E-state index in [4.69, 9.17) is 28.1 Å². The lowest BCUT2D eigenvalue weighted by Gasteiger charge is -2.49. The van der Waals surface area contributed by atoms with Crippen LogP contribution in [0.2, 0.25) is 0 Å². The van der Waals surface area contributed by atoms with E-state index in [0.29, 0.717) is 0 Å². The van der Waals surface area contributed by atoms with Crippen LogP contribution in [-0.4, -0.2) is 89.0 Å². The molecule has 1 unspecified atom stereocenters. The molecule has 3 amide bonds. The first kappa shape index (κ1) is 37.9. The van der Waals surface area contributed by atoms with Crippen molar-refractivity contribution >= 4 is 64.7 Å². The van der Waals surface area contributed by atoms with Crippen molar-refractivity contribution in [1.82, 2.24) is 15.5 Å². The van der Waals surface area contributed by atoms with Crippen molar-refractivity contribution < 1.29 is 66.8 Å². The second kappa shape index (κ2) is 16.3. The minimum Gasteiger partial charge on any atom is -0.477 e. The summed E-state index contributed by atoms with van der Waals surface area (Å²) in [6.45, 7) is 3.79. The van der Waals surface area contributed by atoms with E-state index in [1.807, 2.05) is 0 Å². The second-order valence-corrected chi connectivity index (χ2v) is 12.2. The lowest BCUT2D eigenvalue weighted by Crippen LogP contribution is -2.71. The van der Waals surface area contributed by atoms with Gasteiger partial charge in [-0.15, -0.1) is 11.8 Å². The fourth-order valence-corrected chi connectivity index (χ4v) is 6.63. The number of carbonyl (C=O) groups excluding carboxylic acids is 6. The van der Waals surface area contributed by atoms with Crippen LogP contribution in [0.3, 0.4) is 0 Å². The number of fused-ring (bicyclic) bond motifs is 2. The van der Waals surface area contributed by atoms with E-state index in [-0.39, 0.29) is 59.1 Å². The number of nitrogens with zero attached hydrogens (tertiary/aromatic N) is 1. The van der Waals surface area contributed by atoms with Gasteiger partial charge in [0, 0.05) is 24.3 Å². The number of hydrogen-bond donors (Lipinski definition) is 3. The Morgan fingerprint density at radius 3 is 2.21 bits per heavy atom. The Kier molecular flexibility index (Phi) is 11.7. The predicted octanol–water partition coefficient (Wildman–Crippen LogP) is 2.64. The van der Waals surface area contributed by atoms with E-state index >= 15 is 0 Å². The maximum absolute atomic E-state index is 13.8. The number of carboxylic acid groups (broad SMARTS) is 1. The summed E-state index contributed by atoms with van der Waals surface area (Å²) in [4.78, 5) is 103. The van der Waals surface area contributed by atoms with Crippen molar-refractivity contribution in [3.8, 4) is 11.5 Å². The van der Waals surface area contributed by atoms with Gasteiger partial charge in [-0.1, -0.05) is 30.3 Å². The molecule has 2 aliphatic heterocycles. The Bertz CT molecular complexity index is 2080. The van der Waals surface area contributed by atoms with Crippen LogP contribution in [0.4, 0.5) is 9.59 Å². The summed E-state index contributed by atoms with van der Waals surface area (Å²) in [7, 11) is 0. The molecular formula is C34H31N3O15S. The van der Waals surface area contributed by atoms with E-state index in [2.05, 4.69) is 10.6 Å². The number of thioether (sulfide) groups is 1. The summed E-state index contributed by atoms with van der Waals surface area (Å²) in [5.41, 5.74) is -1.55. The van der Waals surface area contributed by atoms with E-state index in [0.717, 1.165) is 42.0 Å². The molecule has 19 heteroatoms. The van der Waals surface area contributed by atoms with Crippen LogP contribution in [0.5, 0.6) is 11.5 Å². The normalized spacial score (nSPS) is 16.7. The Balaban J connectivity index is 1.41. The quantitative estimate of drug-likeness (QED) is 0.104. The molecule has 53 heavy (non-hydrogen) atoms. The maximum Gasteiger partial charge on any atom is 0.513 e. The average Bonchev–Trinajstić information content (AvgIpc) is 3.12. The van der Waals surface area contributed by atoms with Crippen LogP contribution >= 0.6 is 11.8 Å². The third-order valence-electron chi connectivity index (χ3n) is 7.66. The summed E-state index contributed by atoms with van der Waals surface area (Å²) in [6.07, 6.45) is -1.52. The van der Waals surface area contributed by atoms with Crippen molar-refractivity contribution in [3.63, 3.8) is 0 Å². The van der Waals surface area contributed by atoms with E-state index < -0.39 is 76.2 Å². The highest BCUT2D eigenvalue weighted by Gasteiger charge is 2.54. The van der Waals surface area contributed by atoms with Crippen LogP contribution in [0.25, 0.3) is 11.0 Å². The summed E-state index contributed by atoms with van der Waals surface area (Å²) >= 11 is 1.15. The minimum atomic E-state index is -1.47. The fourth-order valence-electron chi connectivity index (χ4n) is 5.30. The second-order valence-electron chi connectivity index (χ2n) is 11.1. The largest absolute Gasteiger partial charge is 0.513 e. The lowest BCUT2D eigenvalue weighted by atomic mass is 10.0. The number of nitrogens with one attached hydrogen (secondary N) is 2. The molecule has 3 atom stereocenters. The van der Waals surface area contributed by atoms with Gasteiger partial charge in [0.2, 0.25) is 11.3 Å². The predicted molar refractivity (Wildman–Crippen MR) is 181 cm³/mol. The van der Waals surface area contributed by atoms with Crippen LogP contribution in [0.1, 0.15) is 42.7 Å². The molecule has 18 nitrogen and oxygen atoms in total. The molecule has 2 aliphatic rings. The Morgan fingerprint density at radius 1 is 0.962 bits per heavy atom. The van der Waals surface area contributed by atoms with Gasteiger partial charge in [0.1, 0.15) is 47.2 Å². The zero-order valence-electron chi connectivity index (χ0n) is 28.2. The van der Waals surface area contributed by atoms with E-state index in [1.54, 1.807) is 18.2 Å². The van der Waals surface area contributed by atoms with Crippen molar-refractivity contribution in [3.05, 3.63) is 81.3 Å². The maximum atomic E-state index is 13.8. The Hall–Kier alpha value is -6.37. The molecule has 0 bridgehead atoms. The molecule has 0 saturated carbocycles. The summed E-state index contributed by atoms with van der Waals surface area (Å²) in [5, 5.41) is 13.8. The van der Waals surface area contributed by atoms with E-state index in [9.17, 15) is 43.5 Å². The van der Waals surface area contributed by atoms with Gasteiger partial charge < -0.3 is 43.8 Å². The van der Waals surface area contributed by atoms with Crippen LogP contribution < -0.4 is 25.5 Å². The zero-order valence-corrected chi connectivity index (χ0v) is 29.0. The van der Waals surface area contributed by atoms with E-state index in [1.165, 1.54) is 26.0 Å². The molecule has 0 spiro atoms. The highest BCUT2D eigenvalue weighted by atomic mass is 32.2. The van der Waals surface area contributed by atoms with Gasteiger partial charge in [-0.25, -0.2) is 14.4 Å². The molecule has 0 aliphatic carbocycles. The first-order valence-electron chi connectivity index (χ1n) is 15.8. The van der Waals surface area contributed by atoms with Crippen molar-refractivity contribution in [2.75, 3.05) is 25.6 Å². The number of carboxylic acids is 1. The molecule has 3 aromatic rings. The number of carbonyl (C=O) groups is 7. The number of hydrogen-bond acceptors (Lipinski definition) is 15. The van der Waals surface area contributed by atoms with Crippen molar-refractivity contribution in [2.24, 2.45) is 0 Å². The van der Waals surface area contributed by atoms with Crippen molar-refractivity contribution in [2.45, 2.75) is 38.2 Å². The summed E-state index contributed by atoms with van der Waals surface area (Å²) in [5.74, 6) is -5.42. The molecule has 2 aromatic carbocycles. The van der Waals surface area contributed by atoms with Crippen LogP contribution in [-0.2, 0) is 33.4 Å². The molecule has 3 heterocycles. The standard InChI is InChI=1S/C34H31N3O15S/c1-4-47-33(45)51-22-11-19-21(12-23(22)52-34(46)48-5-2)50-14-20(27(19)39)28(40)35-24(17-9-7-6-8-10-17)29(41)36-25-30(42)37-26(32(43)44)18(13-49-16(3)38)15-53-31(25)37/h6-12,14,24-25,31H,4-5,13,15H2,1-3H3,(H,35,40)(H,36,41)(H,43,44)/t24?,25-,31+/m1/s1. The first-order valence-corrected chi connectivity index (χ1v) is 16.9. The summed E-state index contributed by atoms with van der Waals surface area (Å²) in [6, 6.07) is 7.30. The van der Waals surface area contributed by atoms with Crippen molar-refractivity contribution in [1.29, 1.82) is 0 Å². The zero-order chi connectivity index (χ0) is 38.4. The Morgan fingerprint density at radius 2 is 1.60 bits per heavy atom. The number of β-lactam (4-membered cyclic amide) rings is 1. The highest BCUT2D eigenvalue weighted by Crippen LogP contribution is 2.40. The number of aliphatic carboxylic acids is 1. The lowest BCUT2D eigenvalue weighted by molar-refractivity contribution is -0.151. The van der Waals surface area contributed by atoms with Crippen LogP contribution in [0.15, 0.2) is 69.2 Å². The average molecular weight is 754 g/mol. The number of benzene rings is 2. The molecular weight excluding hydrogens is 722 g/mol. The smallest absolute Gasteiger partial charge is 0.477 e. The number of amides is 3. The third-order valence-corrected chi connectivity index (χ3v) is 9.00. The number of ether oxygens (including phenoxy) is 5. The minimum absolute atomic E-state index is 0.0339. The van der Waals surface area contributed by atoms with Gasteiger partial charge >= 0.3 is 24.2 Å². The van der Waals surface area contributed by atoms with Gasteiger partial charge in [0.05, 0.1) is 18.6 Å². The third kappa shape index (κ3) is 8.25. The highest BCUT2D eigenvalue weighted by molar-refractivity contribution is 8.00. The van der Waals surface area contributed by atoms with Gasteiger partial charge in [0.15, 0.2) is 11.5 Å². The topological polar surface area (TPSA) is 243 Å². The molecule has 5 rings (SSSR count). The van der Waals surface area contributed by atoms with Crippen LogP contribution in [0, 0.1) is 0 Å². The number of rotatable bonds is 12. The van der Waals surface area contributed by atoms with Gasteiger partial charge in [-0.2, -0.15) is 0 Å². The molecule has 1 fully saturated rings. The fraction of sp³-hybridized carbons (Fsp3) is 0.294. The first-order chi connectivity index (χ1) is 25.3. The van der Waals surface area contributed by atoms with Gasteiger partial charge in [-0.05, 0) is 25.5 Å². The molecule has 278 valence electrons. The molecule has 0 radical (unpaired) electrons. The number of esters is 1. The summed E-state index contributed by atoms with van der Waals surface area (Å²) < 4.78 is 30.2. The molecule has 1 saturated heterocycles.